The van der Waals surface area contributed by atoms with Crippen LogP contribution in [-0.4, -0.2) is 16.0 Å². The SMILES string of the molecule is CCCCC(=O)NC(C)c1nc(-c2cccc(C)c2)no1. The molecule has 1 atom stereocenters. The van der Waals surface area contributed by atoms with Crippen LogP contribution in [0.15, 0.2) is 28.8 Å². The normalized spacial score (nSPS) is 12.1. The highest BCUT2D eigenvalue weighted by atomic mass is 16.5. The van der Waals surface area contributed by atoms with E-state index in [1.165, 1.54) is 0 Å². The molecule has 0 aliphatic carbocycles. The predicted octanol–water partition coefficient (Wildman–Crippen LogP) is 3.41. The minimum Gasteiger partial charge on any atom is -0.345 e. The van der Waals surface area contributed by atoms with Crippen LogP contribution in [0, 0.1) is 6.92 Å². The highest BCUT2D eigenvalue weighted by molar-refractivity contribution is 5.76. The van der Waals surface area contributed by atoms with Crippen molar-refractivity contribution in [3.05, 3.63) is 35.7 Å². The Morgan fingerprint density at radius 3 is 2.95 bits per heavy atom. The van der Waals surface area contributed by atoms with Gasteiger partial charge >= 0.3 is 0 Å². The lowest BCUT2D eigenvalue weighted by molar-refractivity contribution is -0.122. The molecule has 5 heteroatoms. The second kappa shape index (κ2) is 7.02. The van der Waals surface area contributed by atoms with Crippen LogP contribution in [0.25, 0.3) is 11.4 Å². The maximum absolute atomic E-state index is 11.7. The van der Waals surface area contributed by atoms with Crippen LogP contribution in [0.5, 0.6) is 0 Å². The number of nitrogens with one attached hydrogen (secondary N) is 1. The Labute approximate surface area is 124 Å². The van der Waals surface area contributed by atoms with Crippen LogP contribution >= 0.6 is 0 Å². The molecule has 0 bridgehead atoms. The summed E-state index contributed by atoms with van der Waals surface area (Å²) in [4.78, 5) is 16.1. The minimum absolute atomic E-state index is 0.0136. The number of carbonyl (C=O) groups is 1. The zero-order chi connectivity index (χ0) is 15.2. The minimum atomic E-state index is -0.277. The molecule has 5 nitrogen and oxygen atoms in total. The lowest BCUT2D eigenvalue weighted by atomic mass is 10.1. The predicted molar refractivity (Wildman–Crippen MR) is 80.6 cm³/mol. The Balaban J connectivity index is 2.04. The Morgan fingerprint density at radius 1 is 1.43 bits per heavy atom. The molecule has 0 aliphatic rings. The Morgan fingerprint density at radius 2 is 2.24 bits per heavy atom. The van der Waals surface area contributed by atoms with Crippen molar-refractivity contribution in [2.75, 3.05) is 0 Å². The molecule has 0 saturated carbocycles. The Hall–Kier alpha value is -2.17. The van der Waals surface area contributed by atoms with Crippen LogP contribution in [-0.2, 0) is 4.79 Å². The van der Waals surface area contributed by atoms with Crippen molar-refractivity contribution in [1.82, 2.24) is 15.5 Å². The van der Waals surface area contributed by atoms with E-state index in [2.05, 4.69) is 22.4 Å². The van der Waals surface area contributed by atoms with Gasteiger partial charge in [-0.05, 0) is 26.3 Å². The van der Waals surface area contributed by atoms with E-state index in [-0.39, 0.29) is 11.9 Å². The second-order valence-electron chi connectivity index (χ2n) is 5.22. The fourth-order valence-corrected chi connectivity index (χ4v) is 2.03. The van der Waals surface area contributed by atoms with E-state index in [4.69, 9.17) is 4.52 Å². The number of nitrogens with zero attached hydrogens (tertiary/aromatic N) is 2. The fourth-order valence-electron chi connectivity index (χ4n) is 2.03. The van der Waals surface area contributed by atoms with Crippen molar-refractivity contribution >= 4 is 5.91 Å². The van der Waals surface area contributed by atoms with Crippen molar-refractivity contribution in [2.45, 2.75) is 46.1 Å². The van der Waals surface area contributed by atoms with Crippen molar-refractivity contribution in [2.24, 2.45) is 0 Å². The number of amides is 1. The molecule has 1 N–H and O–H groups in total. The van der Waals surface area contributed by atoms with Gasteiger partial charge in [0.15, 0.2) is 0 Å². The monoisotopic (exact) mass is 287 g/mol. The molecule has 0 saturated heterocycles. The number of aromatic nitrogens is 2. The molecule has 21 heavy (non-hydrogen) atoms. The fraction of sp³-hybridized carbons (Fsp3) is 0.438. The lowest BCUT2D eigenvalue weighted by Crippen LogP contribution is -2.26. The van der Waals surface area contributed by atoms with Gasteiger partial charge in [0, 0.05) is 12.0 Å². The number of aryl methyl sites for hydroxylation is 1. The summed E-state index contributed by atoms with van der Waals surface area (Å²) in [5.74, 6) is 0.986. The van der Waals surface area contributed by atoms with Crippen molar-refractivity contribution < 1.29 is 9.32 Å². The van der Waals surface area contributed by atoms with Crippen LogP contribution in [0.3, 0.4) is 0 Å². The summed E-state index contributed by atoms with van der Waals surface area (Å²) in [6.07, 6.45) is 2.41. The topological polar surface area (TPSA) is 68.0 Å². The third-order valence-electron chi connectivity index (χ3n) is 3.22. The quantitative estimate of drug-likeness (QED) is 0.884. The molecule has 0 radical (unpaired) electrons. The first-order valence-electron chi connectivity index (χ1n) is 7.30. The molecule has 2 rings (SSSR count). The van der Waals surface area contributed by atoms with Gasteiger partial charge in [0.2, 0.25) is 17.6 Å². The summed E-state index contributed by atoms with van der Waals surface area (Å²) in [6, 6.07) is 7.63. The van der Waals surface area contributed by atoms with Gasteiger partial charge in [0.1, 0.15) is 6.04 Å². The first-order valence-corrected chi connectivity index (χ1v) is 7.30. The molecule has 1 unspecified atom stereocenters. The summed E-state index contributed by atoms with van der Waals surface area (Å²) < 4.78 is 5.25. The highest BCUT2D eigenvalue weighted by Crippen LogP contribution is 2.19. The van der Waals surface area contributed by atoms with E-state index >= 15 is 0 Å². The van der Waals surface area contributed by atoms with Gasteiger partial charge in [0.25, 0.3) is 0 Å². The van der Waals surface area contributed by atoms with Crippen molar-refractivity contribution in [3.8, 4) is 11.4 Å². The van der Waals surface area contributed by atoms with Gasteiger partial charge < -0.3 is 9.84 Å². The van der Waals surface area contributed by atoms with Gasteiger partial charge in [0.05, 0.1) is 0 Å². The van der Waals surface area contributed by atoms with Crippen LogP contribution < -0.4 is 5.32 Å². The summed E-state index contributed by atoms with van der Waals surface area (Å²) in [5, 5.41) is 6.85. The van der Waals surface area contributed by atoms with E-state index in [1.54, 1.807) is 0 Å². The molecule has 0 spiro atoms. The van der Waals surface area contributed by atoms with E-state index in [9.17, 15) is 4.79 Å². The molecule has 1 aromatic carbocycles. The van der Waals surface area contributed by atoms with Crippen LogP contribution in [0.4, 0.5) is 0 Å². The van der Waals surface area contributed by atoms with E-state index in [0.717, 1.165) is 24.0 Å². The summed E-state index contributed by atoms with van der Waals surface area (Å²) in [7, 11) is 0. The van der Waals surface area contributed by atoms with Gasteiger partial charge in [-0.1, -0.05) is 42.3 Å². The maximum Gasteiger partial charge on any atom is 0.249 e. The standard InChI is InChI=1S/C16H21N3O2/c1-4-5-9-14(20)17-12(3)16-18-15(19-21-16)13-8-6-7-11(2)10-13/h6-8,10,12H,4-5,9H2,1-3H3,(H,17,20). The molecule has 1 amide bonds. The first kappa shape index (κ1) is 15.2. The van der Waals surface area contributed by atoms with E-state index < -0.39 is 0 Å². The number of rotatable bonds is 6. The van der Waals surface area contributed by atoms with Gasteiger partial charge in [-0.3, -0.25) is 4.79 Å². The van der Waals surface area contributed by atoms with Crippen molar-refractivity contribution in [1.29, 1.82) is 0 Å². The lowest BCUT2D eigenvalue weighted by Gasteiger charge is -2.08. The highest BCUT2D eigenvalue weighted by Gasteiger charge is 2.17. The third kappa shape index (κ3) is 4.15. The number of unbranched alkanes of at least 4 members (excludes halogenated alkanes) is 1. The molecule has 112 valence electrons. The summed E-state index contributed by atoms with van der Waals surface area (Å²) >= 11 is 0. The average molecular weight is 287 g/mol. The van der Waals surface area contributed by atoms with Crippen LogP contribution in [0.2, 0.25) is 0 Å². The molecule has 1 aromatic heterocycles. The van der Waals surface area contributed by atoms with Gasteiger partial charge in [-0.25, -0.2) is 0 Å². The Kier molecular flexibility index (Phi) is 5.09. The summed E-state index contributed by atoms with van der Waals surface area (Å²) in [5.41, 5.74) is 2.05. The molecule has 2 aromatic rings. The van der Waals surface area contributed by atoms with Crippen LogP contribution in [0.1, 0.15) is 50.6 Å². The van der Waals surface area contributed by atoms with Gasteiger partial charge in [-0.15, -0.1) is 0 Å². The molecule has 1 heterocycles. The zero-order valence-electron chi connectivity index (χ0n) is 12.7. The zero-order valence-corrected chi connectivity index (χ0v) is 12.7. The number of hydrogen-bond donors (Lipinski definition) is 1. The smallest absolute Gasteiger partial charge is 0.249 e. The number of benzene rings is 1. The molecule has 0 fully saturated rings. The molecular formula is C16H21N3O2. The molecular weight excluding hydrogens is 266 g/mol. The first-order chi connectivity index (χ1) is 10.1. The van der Waals surface area contributed by atoms with E-state index in [1.807, 2.05) is 38.1 Å². The van der Waals surface area contributed by atoms with E-state index in [0.29, 0.717) is 18.1 Å². The second-order valence-corrected chi connectivity index (χ2v) is 5.22. The largest absolute Gasteiger partial charge is 0.345 e. The summed E-state index contributed by atoms with van der Waals surface area (Å²) in [6.45, 7) is 5.92. The third-order valence-corrected chi connectivity index (χ3v) is 3.22. The number of hydrogen-bond acceptors (Lipinski definition) is 4. The van der Waals surface area contributed by atoms with Crippen molar-refractivity contribution in [3.63, 3.8) is 0 Å². The number of carbonyl (C=O) groups excluding carboxylic acids is 1. The Bertz CT molecular complexity index is 607. The van der Waals surface area contributed by atoms with Gasteiger partial charge in [-0.2, -0.15) is 4.98 Å². The molecule has 0 aliphatic heterocycles. The maximum atomic E-state index is 11.7. The average Bonchev–Trinajstić information content (AvgIpc) is 2.95.